The molecule has 0 fully saturated rings. The van der Waals surface area contributed by atoms with Crippen LogP contribution in [0, 0.1) is 12.7 Å². The van der Waals surface area contributed by atoms with Crippen molar-refractivity contribution in [3.63, 3.8) is 0 Å². The molecule has 0 bridgehead atoms. The molecule has 0 radical (unpaired) electrons. The van der Waals surface area contributed by atoms with Crippen molar-refractivity contribution in [1.29, 1.82) is 0 Å². The number of nitrogens with zero attached hydrogens (tertiary/aromatic N) is 5. The standard InChI is InChI=1S/C20H26FN9O2/c1-4-32-10-16(11(2)22)28-20-15(21)8-14(18(23)31)19(29-20)27-13-7-17(12(3)24-9-13)30-25-5-6-26-30/h5-9,11,16H,4,10,22H2,1-3H3,(H2,23,31)(H2,27,28,29)/t11-,16+/m0/s1. The Morgan fingerprint density at radius 1 is 1.28 bits per heavy atom. The minimum Gasteiger partial charge on any atom is -0.380 e. The van der Waals surface area contributed by atoms with Gasteiger partial charge in [0.05, 0.1) is 48.2 Å². The number of hydrogen-bond acceptors (Lipinski definition) is 9. The predicted molar refractivity (Wildman–Crippen MR) is 117 cm³/mol. The van der Waals surface area contributed by atoms with E-state index in [9.17, 15) is 9.18 Å². The molecule has 0 spiro atoms. The Morgan fingerprint density at radius 3 is 2.62 bits per heavy atom. The number of amides is 1. The predicted octanol–water partition coefficient (Wildman–Crippen LogP) is 1.51. The summed E-state index contributed by atoms with van der Waals surface area (Å²) < 4.78 is 20.1. The van der Waals surface area contributed by atoms with Crippen molar-refractivity contribution >= 4 is 23.2 Å². The summed E-state index contributed by atoms with van der Waals surface area (Å²) in [4.78, 5) is 21.9. The highest BCUT2D eigenvalue weighted by atomic mass is 19.1. The van der Waals surface area contributed by atoms with Crippen molar-refractivity contribution in [3.05, 3.63) is 47.8 Å². The number of pyridine rings is 2. The molecule has 11 nitrogen and oxygen atoms in total. The summed E-state index contributed by atoms with van der Waals surface area (Å²) in [5.41, 5.74) is 13.1. The Labute approximate surface area is 184 Å². The Bertz CT molecular complexity index is 1070. The van der Waals surface area contributed by atoms with Crippen molar-refractivity contribution < 1.29 is 13.9 Å². The molecule has 0 aromatic carbocycles. The summed E-state index contributed by atoms with van der Waals surface area (Å²) in [7, 11) is 0. The molecule has 2 atom stereocenters. The lowest BCUT2D eigenvalue weighted by Gasteiger charge is -2.23. The van der Waals surface area contributed by atoms with Gasteiger partial charge < -0.3 is 26.8 Å². The van der Waals surface area contributed by atoms with Gasteiger partial charge in [-0.2, -0.15) is 10.2 Å². The molecular formula is C20H26FN9O2. The van der Waals surface area contributed by atoms with E-state index < -0.39 is 17.8 Å². The number of anilines is 3. The van der Waals surface area contributed by atoms with E-state index in [1.807, 2.05) is 13.8 Å². The molecule has 1 amide bonds. The van der Waals surface area contributed by atoms with E-state index in [0.29, 0.717) is 23.7 Å². The van der Waals surface area contributed by atoms with Gasteiger partial charge >= 0.3 is 0 Å². The Kier molecular flexibility index (Phi) is 7.28. The highest BCUT2D eigenvalue weighted by Crippen LogP contribution is 2.25. The molecule has 0 aliphatic heterocycles. The Morgan fingerprint density at radius 2 is 2.00 bits per heavy atom. The Hall–Kier alpha value is -3.64. The minimum absolute atomic E-state index is 0.0614. The Balaban J connectivity index is 1.96. The molecular weight excluding hydrogens is 417 g/mol. The van der Waals surface area contributed by atoms with Crippen LogP contribution in [-0.4, -0.2) is 56.2 Å². The van der Waals surface area contributed by atoms with Crippen LogP contribution in [0.3, 0.4) is 0 Å². The fourth-order valence-electron chi connectivity index (χ4n) is 2.89. The number of aryl methyl sites for hydroxylation is 1. The van der Waals surface area contributed by atoms with Crippen LogP contribution in [0.4, 0.5) is 21.7 Å². The van der Waals surface area contributed by atoms with Crippen molar-refractivity contribution in [2.24, 2.45) is 11.5 Å². The summed E-state index contributed by atoms with van der Waals surface area (Å²) in [5.74, 6) is -1.60. The van der Waals surface area contributed by atoms with Crippen molar-refractivity contribution in [1.82, 2.24) is 25.0 Å². The quantitative estimate of drug-likeness (QED) is 0.364. The summed E-state index contributed by atoms with van der Waals surface area (Å²) in [6.45, 7) is 6.18. The number of ether oxygens (including phenoxy) is 1. The van der Waals surface area contributed by atoms with E-state index >= 15 is 0 Å². The summed E-state index contributed by atoms with van der Waals surface area (Å²) in [6.07, 6.45) is 4.63. The van der Waals surface area contributed by atoms with Gasteiger partial charge in [0.1, 0.15) is 11.5 Å². The maximum atomic E-state index is 14.7. The van der Waals surface area contributed by atoms with Gasteiger partial charge in [0.25, 0.3) is 5.91 Å². The molecule has 0 aliphatic carbocycles. The van der Waals surface area contributed by atoms with Gasteiger partial charge in [-0.05, 0) is 32.9 Å². The zero-order valence-electron chi connectivity index (χ0n) is 18.0. The number of halogens is 1. The largest absolute Gasteiger partial charge is 0.380 e. The highest BCUT2D eigenvalue weighted by molar-refractivity contribution is 5.98. The van der Waals surface area contributed by atoms with Crippen molar-refractivity contribution in [2.45, 2.75) is 32.9 Å². The second kappa shape index (κ2) is 10.1. The lowest BCUT2D eigenvalue weighted by Crippen LogP contribution is -2.42. The molecule has 0 saturated carbocycles. The average molecular weight is 443 g/mol. The molecule has 3 rings (SSSR count). The first-order valence-corrected chi connectivity index (χ1v) is 10.0. The molecule has 32 heavy (non-hydrogen) atoms. The van der Waals surface area contributed by atoms with Crippen molar-refractivity contribution in [2.75, 3.05) is 23.8 Å². The van der Waals surface area contributed by atoms with E-state index in [1.54, 1.807) is 31.6 Å². The fourth-order valence-corrected chi connectivity index (χ4v) is 2.89. The maximum absolute atomic E-state index is 14.7. The normalized spacial score (nSPS) is 12.9. The van der Waals surface area contributed by atoms with Crippen LogP contribution in [-0.2, 0) is 4.74 Å². The number of hydrogen-bond donors (Lipinski definition) is 4. The maximum Gasteiger partial charge on any atom is 0.252 e. The molecule has 0 aliphatic rings. The highest BCUT2D eigenvalue weighted by Gasteiger charge is 2.21. The lowest BCUT2D eigenvalue weighted by molar-refractivity contribution is 0.100. The van der Waals surface area contributed by atoms with Gasteiger partial charge in [-0.25, -0.2) is 9.37 Å². The minimum atomic E-state index is -0.836. The zero-order chi connectivity index (χ0) is 23.3. The summed E-state index contributed by atoms with van der Waals surface area (Å²) in [5, 5.41) is 14.1. The van der Waals surface area contributed by atoms with Crippen LogP contribution in [0.2, 0.25) is 0 Å². The van der Waals surface area contributed by atoms with Gasteiger partial charge in [-0.15, -0.1) is 4.80 Å². The number of aromatic nitrogens is 5. The van der Waals surface area contributed by atoms with Gasteiger partial charge in [0.15, 0.2) is 11.6 Å². The summed E-state index contributed by atoms with van der Waals surface area (Å²) >= 11 is 0. The molecule has 3 aromatic heterocycles. The van der Waals surface area contributed by atoms with Crippen LogP contribution in [0.1, 0.15) is 29.9 Å². The second-order valence-corrected chi connectivity index (χ2v) is 7.12. The zero-order valence-corrected chi connectivity index (χ0v) is 18.0. The van der Waals surface area contributed by atoms with Crippen molar-refractivity contribution in [3.8, 4) is 5.69 Å². The average Bonchev–Trinajstić information content (AvgIpc) is 3.28. The summed E-state index contributed by atoms with van der Waals surface area (Å²) in [6, 6.07) is 2.00. The molecule has 6 N–H and O–H groups in total. The van der Waals surface area contributed by atoms with E-state index in [4.69, 9.17) is 16.2 Å². The van der Waals surface area contributed by atoms with Gasteiger partial charge in [0.2, 0.25) is 0 Å². The van der Waals surface area contributed by atoms with E-state index in [2.05, 4.69) is 30.8 Å². The number of nitrogens with one attached hydrogen (secondary N) is 2. The lowest BCUT2D eigenvalue weighted by atomic mass is 10.1. The number of carbonyl (C=O) groups excluding carboxylic acids is 1. The second-order valence-electron chi connectivity index (χ2n) is 7.12. The third kappa shape index (κ3) is 5.34. The topological polar surface area (TPSA) is 159 Å². The third-order valence-electron chi connectivity index (χ3n) is 4.66. The third-order valence-corrected chi connectivity index (χ3v) is 4.66. The first kappa shape index (κ1) is 23.0. The number of primary amides is 1. The van der Waals surface area contributed by atoms with Gasteiger partial charge in [0, 0.05) is 12.6 Å². The number of nitrogens with two attached hydrogens (primary N) is 2. The SMILES string of the molecule is CCOC[C@@H](Nc1nc(Nc2cnc(C)c(-n3nccn3)c2)c(C(N)=O)cc1F)[C@H](C)N. The number of rotatable bonds is 10. The van der Waals surface area contributed by atoms with Gasteiger partial charge in [-0.1, -0.05) is 0 Å². The van der Waals surface area contributed by atoms with E-state index in [0.717, 1.165) is 6.07 Å². The smallest absolute Gasteiger partial charge is 0.252 e. The van der Waals surface area contributed by atoms with Gasteiger partial charge in [-0.3, -0.25) is 9.78 Å². The van der Waals surface area contributed by atoms with E-state index in [-0.39, 0.29) is 29.8 Å². The fraction of sp³-hybridized carbons (Fsp3) is 0.350. The molecule has 170 valence electrons. The molecule has 0 saturated heterocycles. The van der Waals surface area contributed by atoms with E-state index in [1.165, 1.54) is 4.80 Å². The van der Waals surface area contributed by atoms with Crippen LogP contribution in [0.5, 0.6) is 0 Å². The molecule has 3 heterocycles. The van der Waals surface area contributed by atoms with Crippen LogP contribution >= 0.6 is 0 Å². The number of carbonyl (C=O) groups is 1. The first-order chi connectivity index (χ1) is 15.3. The monoisotopic (exact) mass is 443 g/mol. The van der Waals surface area contributed by atoms with Crippen LogP contribution in [0.15, 0.2) is 30.7 Å². The molecule has 12 heteroatoms. The molecule has 0 unspecified atom stereocenters. The molecule has 3 aromatic rings. The van der Waals surface area contributed by atoms with Crippen LogP contribution in [0.25, 0.3) is 5.69 Å². The van der Waals surface area contributed by atoms with Crippen LogP contribution < -0.4 is 22.1 Å². The first-order valence-electron chi connectivity index (χ1n) is 10.0.